The Morgan fingerprint density at radius 1 is 1.06 bits per heavy atom. The van der Waals surface area contributed by atoms with Crippen LogP contribution in [0.15, 0.2) is 64.0 Å². The van der Waals surface area contributed by atoms with Crippen molar-refractivity contribution >= 4 is 55.7 Å². The van der Waals surface area contributed by atoms with Gasteiger partial charge in [0.2, 0.25) is 0 Å². The number of fused-ring (bicyclic) bond motifs is 1. The van der Waals surface area contributed by atoms with Crippen molar-refractivity contribution in [2.24, 2.45) is 0 Å². The van der Waals surface area contributed by atoms with Gasteiger partial charge in [0.25, 0.3) is 11.1 Å². The van der Waals surface area contributed by atoms with Gasteiger partial charge in [0.05, 0.1) is 16.5 Å². The third-order valence-corrected chi connectivity index (χ3v) is 6.90. The molecule has 1 heterocycles. The van der Waals surface area contributed by atoms with Gasteiger partial charge in [-0.15, -0.1) is 0 Å². The Labute approximate surface area is 211 Å². The normalized spacial score (nSPS) is 14.9. The van der Waals surface area contributed by atoms with Crippen LogP contribution >= 0.6 is 27.7 Å². The maximum atomic E-state index is 12.7. The van der Waals surface area contributed by atoms with Crippen LogP contribution in [0.2, 0.25) is 0 Å². The fourth-order valence-corrected chi connectivity index (χ4v) is 5.18. The average Bonchev–Trinajstić information content (AvgIpc) is 3.10. The van der Waals surface area contributed by atoms with Crippen molar-refractivity contribution in [1.29, 1.82) is 0 Å². The van der Waals surface area contributed by atoms with Crippen LogP contribution in [0, 0.1) is 0 Å². The molecule has 0 radical (unpaired) electrons. The summed E-state index contributed by atoms with van der Waals surface area (Å²) < 4.78 is 17.4. The Balaban J connectivity index is 1.54. The van der Waals surface area contributed by atoms with Gasteiger partial charge in [-0.05, 0) is 74.2 Å². The highest BCUT2D eigenvalue weighted by molar-refractivity contribution is 9.10. The van der Waals surface area contributed by atoms with E-state index in [-0.39, 0.29) is 11.1 Å². The summed E-state index contributed by atoms with van der Waals surface area (Å²) >= 11 is 4.51. The van der Waals surface area contributed by atoms with Crippen LogP contribution in [0.3, 0.4) is 0 Å². The fraction of sp³-hybridized carbons (Fsp3) is 0.231. The molecule has 0 saturated carbocycles. The zero-order valence-corrected chi connectivity index (χ0v) is 21.3. The molecule has 1 aliphatic rings. The number of hydrogen-bond donors (Lipinski definition) is 0. The lowest BCUT2D eigenvalue weighted by Gasteiger charge is -2.15. The van der Waals surface area contributed by atoms with E-state index in [0.717, 1.165) is 33.7 Å². The van der Waals surface area contributed by atoms with Gasteiger partial charge in [0.1, 0.15) is 6.61 Å². The standard InChI is InChI=1S/C26H24BrNO5S/c1-31-12-6-11-28-25(29)23(34-26(28)30)15-17-13-21(27)24(22(14-17)32-2)33-16-19-9-5-8-18-7-3-4-10-20(18)19/h3-5,7-10,13-15H,6,11-12,16H2,1-2H3/b23-15-. The molecule has 0 aliphatic carbocycles. The van der Waals surface area contributed by atoms with Gasteiger partial charge in [-0.25, -0.2) is 0 Å². The van der Waals surface area contributed by atoms with E-state index in [1.54, 1.807) is 26.4 Å². The van der Waals surface area contributed by atoms with E-state index in [1.807, 2.05) is 30.3 Å². The van der Waals surface area contributed by atoms with Gasteiger partial charge in [-0.2, -0.15) is 0 Å². The smallest absolute Gasteiger partial charge is 0.293 e. The SMILES string of the molecule is COCCCN1C(=O)S/C(=C\c2cc(Br)c(OCc3cccc4ccccc34)c(OC)c2)C1=O. The molecule has 1 saturated heterocycles. The maximum absolute atomic E-state index is 12.7. The number of methoxy groups -OCH3 is 2. The first-order chi connectivity index (χ1) is 16.5. The van der Waals surface area contributed by atoms with Crippen LogP contribution in [-0.4, -0.2) is 43.4 Å². The van der Waals surface area contributed by atoms with Crippen molar-refractivity contribution in [2.45, 2.75) is 13.0 Å². The number of rotatable bonds is 9. The van der Waals surface area contributed by atoms with Crippen LogP contribution < -0.4 is 9.47 Å². The number of carbonyl (C=O) groups excluding carboxylic acids is 2. The molecule has 0 bridgehead atoms. The molecule has 0 N–H and O–H groups in total. The van der Waals surface area contributed by atoms with E-state index in [9.17, 15) is 9.59 Å². The minimum Gasteiger partial charge on any atom is -0.493 e. The molecule has 6 nitrogen and oxygen atoms in total. The van der Waals surface area contributed by atoms with Crippen LogP contribution in [0.5, 0.6) is 11.5 Å². The van der Waals surface area contributed by atoms with E-state index in [0.29, 0.717) is 47.1 Å². The largest absolute Gasteiger partial charge is 0.493 e. The summed E-state index contributed by atoms with van der Waals surface area (Å²) in [6.45, 7) is 1.20. The molecule has 1 aliphatic heterocycles. The zero-order chi connectivity index (χ0) is 24.1. The second-order valence-corrected chi connectivity index (χ2v) is 9.49. The number of amides is 2. The second kappa shape index (κ2) is 11.1. The summed E-state index contributed by atoms with van der Waals surface area (Å²) in [5.41, 5.74) is 1.79. The van der Waals surface area contributed by atoms with Gasteiger partial charge in [-0.3, -0.25) is 14.5 Å². The van der Waals surface area contributed by atoms with Crippen LogP contribution in [-0.2, 0) is 16.1 Å². The lowest BCUT2D eigenvalue weighted by molar-refractivity contribution is -0.122. The predicted octanol–water partition coefficient (Wildman–Crippen LogP) is 6.26. The van der Waals surface area contributed by atoms with Gasteiger partial charge >= 0.3 is 0 Å². The van der Waals surface area contributed by atoms with E-state index < -0.39 is 0 Å². The van der Waals surface area contributed by atoms with E-state index >= 15 is 0 Å². The van der Waals surface area contributed by atoms with Crippen molar-refractivity contribution in [3.63, 3.8) is 0 Å². The van der Waals surface area contributed by atoms with Crippen molar-refractivity contribution in [3.8, 4) is 11.5 Å². The number of imide groups is 1. The summed E-state index contributed by atoms with van der Waals surface area (Å²) in [6, 6.07) is 17.9. The fourth-order valence-electron chi connectivity index (χ4n) is 3.74. The molecule has 4 rings (SSSR count). The highest BCUT2D eigenvalue weighted by Gasteiger charge is 2.34. The Kier molecular flexibility index (Phi) is 7.92. The lowest BCUT2D eigenvalue weighted by atomic mass is 10.1. The molecule has 0 atom stereocenters. The summed E-state index contributed by atoms with van der Waals surface area (Å²) in [5.74, 6) is 0.804. The van der Waals surface area contributed by atoms with Crippen LogP contribution in [0.25, 0.3) is 16.8 Å². The first-order valence-corrected chi connectivity index (χ1v) is 12.3. The van der Waals surface area contributed by atoms with E-state index in [1.165, 1.54) is 4.90 Å². The highest BCUT2D eigenvalue weighted by Crippen LogP contribution is 2.39. The molecule has 176 valence electrons. The molecule has 0 spiro atoms. The van der Waals surface area contributed by atoms with Crippen molar-refractivity contribution in [1.82, 2.24) is 4.90 Å². The molecule has 0 unspecified atom stereocenters. The van der Waals surface area contributed by atoms with Gasteiger partial charge < -0.3 is 14.2 Å². The number of thioether (sulfide) groups is 1. The predicted molar refractivity (Wildman–Crippen MR) is 138 cm³/mol. The minimum atomic E-state index is -0.294. The number of ether oxygens (including phenoxy) is 3. The number of carbonyl (C=O) groups is 2. The number of benzene rings is 3. The zero-order valence-electron chi connectivity index (χ0n) is 18.9. The molecule has 2 amide bonds. The summed E-state index contributed by atoms with van der Waals surface area (Å²) in [4.78, 5) is 26.6. The van der Waals surface area contributed by atoms with Gasteiger partial charge in [-0.1, -0.05) is 42.5 Å². The first kappa shape index (κ1) is 24.3. The van der Waals surface area contributed by atoms with Crippen molar-refractivity contribution in [2.75, 3.05) is 27.4 Å². The maximum Gasteiger partial charge on any atom is 0.293 e. The van der Waals surface area contributed by atoms with Gasteiger partial charge in [0.15, 0.2) is 11.5 Å². The highest BCUT2D eigenvalue weighted by atomic mass is 79.9. The number of halogens is 1. The minimum absolute atomic E-state index is 0.270. The quantitative estimate of drug-likeness (QED) is 0.235. The molecule has 3 aromatic carbocycles. The van der Waals surface area contributed by atoms with Crippen molar-refractivity contribution < 1.29 is 23.8 Å². The molecule has 3 aromatic rings. The topological polar surface area (TPSA) is 65.1 Å². The average molecular weight is 542 g/mol. The van der Waals surface area contributed by atoms with Crippen molar-refractivity contribution in [3.05, 3.63) is 75.1 Å². The Morgan fingerprint density at radius 2 is 1.85 bits per heavy atom. The molecular formula is C26H24BrNO5S. The van der Waals surface area contributed by atoms with Crippen LogP contribution in [0.1, 0.15) is 17.5 Å². The van der Waals surface area contributed by atoms with Crippen LogP contribution in [0.4, 0.5) is 4.79 Å². The number of hydrogen-bond acceptors (Lipinski definition) is 6. The summed E-state index contributed by atoms with van der Waals surface area (Å²) in [6.07, 6.45) is 2.30. The monoisotopic (exact) mass is 541 g/mol. The third kappa shape index (κ3) is 5.29. The summed E-state index contributed by atoms with van der Waals surface area (Å²) in [5, 5.41) is 2.02. The second-order valence-electron chi connectivity index (χ2n) is 7.64. The Bertz CT molecular complexity index is 1250. The molecular weight excluding hydrogens is 518 g/mol. The summed E-state index contributed by atoms with van der Waals surface area (Å²) in [7, 11) is 3.16. The first-order valence-electron chi connectivity index (χ1n) is 10.7. The molecule has 0 aromatic heterocycles. The molecule has 34 heavy (non-hydrogen) atoms. The third-order valence-electron chi connectivity index (χ3n) is 5.41. The van der Waals surface area contributed by atoms with E-state index in [2.05, 4.69) is 34.1 Å². The molecule has 8 heteroatoms. The van der Waals surface area contributed by atoms with Gasteiger partial charge in [0, 0.05) is 20.3 Å². The Hall–Kier alpha value is -2.81. The Morgan fingerprint density at radius 3 is 2.65 bits per heavy atom. The number of nitrogens with zero attached hydrogens (tertiary/aromatic N) is 1. The lowest BCUT2D eigenvalue weighted by Crippen LogP contribution is -2.29. The van der Waals surface area contributed by atoms with E-state index in [4.69, 9.17) is 14.2 Å². The molecule has 1 fully saturated rings.